The first-order chi connectivity index (χ1) is 8.31. The van der Waals surface area contributed by atoms with Crippen LogP contribution < -0.4 is 0 Å². The lowest BCUT2D eigenvalue weighted by Crippen LogP contribution is -2.16. The maximum absolute atomic E-state index is 5.98. The normalized spacial score (nSPS) is 13.1. The van der Waals surface area contributed by atoms with Gasteiger partial charge in [0.25, 0.3) is 0 Å². The third-order valence-electron chi connectivity index (χ3n) is 2.98. The molecule has 2 aromatic rings. The van der Waals surface area contributed by atoms with Gasteiger partial charge in [-0.2, -0.15) is 0 Å². The minimum atomic E-state index is 0.293. The Labute approximate surface area is 106 Å². The van der Waals surface area contributed by atoms with E-state index in [9.17, 15) is 0 Å². The molecular formula is C13H17ClN2O. The summed E-state index contributed by atoms with van der Waals surface area (Å²) in [6.45, 7) is 2.83. The highest BCUT2D eigenvalue weighted by atomic mass is 35.5. The highest BCUT2D eigenvalue weighted by molar-refractivity contribution is 6.16. The molecule has 0 radical (unpaired) electrons. The van der Waals surface area contributed by atoms with E-state index >= 15 is 0 Å². The van der Waals surface area contributed by atoms with Crippen molar-refractivity contribution in [2.45, 2.75) is 25.3 Å². The van der Waals surface area contributed by atoms with Gasteiger partial charge in [0.05, 0.1) is 29.6 Å². The standard InChI is InChI=1S/C13H17ClN2O/c1-3-10(9-17-2)16-12-7-5-4-6-11(12)15-13(16)8-14/h4-7,10H,3,8-9H2,1-2H3. The molecule has 1 heterocycles. The number of aromatic nitrogens is 2. The molecular weight excluding hydrogens is 236 g/mol. The summed E-state index contributed by atoms with van der Waals surface area (Å²) in [7, 11) is 1.72. The van der Waals surface area contributed by atoms with E-state index in [2.05, 4.69) is 22.5 Å². The number of fused-ring (bicyclic) bond motifs is 1. The molecule has 0 saturated heterocycles. The Balaban J connectivity index is 2.55. The Hall–Kier alpha value is -1.06. The predicted molar refractivity (Wildman–Crippen MR) is 70.5 cm³/mol. The van der Waals surface area contributed by atoms with Crippen LogP contribution in [-0.2, 0) is 10.6 Å². The van der Waals surface area contributed by atoms with E-state index in [4.69, 9.17) is 16.3 Å². The summed E-state index contributed by atoms with van der Waals surface area (Å²) < 4.78 is 7.48. The van der Waals surface area contributed by atoms with E-state index in [1.54, 1.807) is 7.11 Å². The number of imidazole rings is 1. The summed E-state index contributed by atoms with van der Waals surface area (Å²) in [5, 5.41) is 0. The molecule has 0 N–H and O–H groups in total. The van der Waals surface area contributed by atoms with Crippen molar-refractivity contribution in [1.82, 2.24) is 9.55 Å². The van der Waals surface area contributed by atoms with Gasteiger partial charge in [0.1, 0.15) is 5.82 Å². The number of halogens is 1. The van der Waals surface area contributed by atoms with E-state index in [0.29, 0.717) is 18.5 Å². The molecule has 0 fully saturated rings. The maximum Gasteiger partial charge on any atom is 0.125 e. The smallest absolute Gasteiger partial charge is 0.125 e. The van der Waals surface area contributed by atoms with Gasteiger partial charge in [-0.1, -0.05) is 19.1 Å². The number of rotatable bonds is 5. The molecule has 3 nitrogen and oxygen atoms in total. The number of para-hydroxylation sites is 2. The average Bonchev–Trinajstić information content (AvgIpc) is 2.74. The zero-order chi connectivity index (χ0) is 12.3. The molecule has 1 aromatic carbocycles. The number of nitrogens with zero attached hydrogens (tertiary/aromatic N) is 2. The molecule has 1 unspecified atom stereocenters. The molecule has 0 amide bonds. The number of methoxy groups -OCH3 is 1. The number of hydrogen-bond donors (Lipinski definition) is 0. The van der Waals surface area contributed by atoms with Crippen LogP contribution in [0.2, 0.25) is 0 Å². The van der Waals surface area contributed by atoms with E-state index in [0.717, 1.165) is 23.3 Å². The maximum atomic E-state index is 5.98. The lowest BCUT2D eigenvalue weighted by atomic mass is 10.2. The Bertz CT molecular complexity index is 495. The van der Waals surface area contributed by atoms with Gasteiger partial charge in [-0.25, -0.2) is 4.98 Å². The summed E-state index contributed by atoms with van der Waals surface area (Å²) in [4.78, 5) is 4.56. The molecule has 0 aliphatic heterocycles. The third kappa shape index (κ3) is 2.31. The fourth-order valence-corrected chi connectivity index (χ4v) is 2.35. The molecule has 0 aliphatic carbocycles. The van der Waals surface area contributed by atoms with Crippen LogP contribution in [-0.4, -0.2) is 23.3 Å². The van der Waals surface area contributed by atoms with Crippen molar-refractivity contribution in [2.24, 2.45) is 0 Å². The topological polar surface area (TPSA) is 27.1 Å². The molecule has 0 bridgehead atoms. The molecule has 0 saturated carbocycles. The molecule has 2 rings (SSSR count). The summed E-state index contributed by atoms with van der Waals surface area (Å²) in [5.74, 6) is 1.34. The van der Waals surface area contributed by atoms with Crippen molar-refractivity contribution < 1.29 is 4.74 Å². The van der Waals surface area contributed by atoms with Gasteiger partial charge < -0.3 is 9.30 Å². The molecule has 0 spiro atoms. The van der Waals surface area contributed by atoms with Crippen LogP contribution in [0.5, 0.6) is 0 Å². The van der Waals surface area contributed by atoms with Crippen LogP contribution in [0.4, 0.5) is 0 Å². The summed E-state index contributed by atoms with van der Waals surface area (Å²) in [6, 6.07) is 8.41. The SMILES string of the molecule is CCC(COC)n1c(CCl)nc2ccccc21. The largest absolute Gasteiger partial charge is 0.383 e. The van der Waals surface area contributed by atoms with E-state index in [1.807, 2.05) is 18.2 Å². The van der Waals surface area contributed by atoms with Crippen LogP contribution in [0.15, 0.2) is 24.3 Å². The van der Waals surface area contributed by atoms with Crippen molar-refractivity contribution in [3.8, 4) is 0 Å². The number of alkyl halides is 1. The van der Waals surface area contributed by atoms with Gasteiger partial charge in [-0.05, 0) is 18.6 Å². The van der Waals surface area contributed by atoms with Crippen LogP contribution in [0.3, 0.4) is 0 Å². The minimum Gasteiger partial charge on any atom is -0.383 e. The second-order valence-electron chi connectivity index (χ2n) is 4.04. The Kier molecular flexibility index (Phi) is 4.02. The average molecular weight is 253 g/mol. The van der Waals surface area contributed by atoms with Gasteiger partial charge in [-0.15, -0.1) is 11.6 Å². The third-order valence-corrected chi connectivity index (χ3v) is 3.22. The number of benzene rings is 1. The van der Waals surface area contributed by atoms with Gasteiger partial charge >= 0.3 is 0 Å². The monoisotopic (exact) mass is 252 g/mol. The Morgan fingerprint density at radius 1 is 1.41 bits per heavy atom. The van der Waals surface area contributed by atoms with Gasteiger partial charge in [-0.3, -0.25) is 0 Å². The Morgan fingerprint density at radius 2 is 2.18 bits per heavy atom. The highest BCUT2D eigenvalue weighted by Crippen LogP contribution is 2.24. The van der Waals surface area contributed by atoms with Crippen molar-refractivity contribution in [3.05, 3.63) is 30.1 Å². The Morgan fingerprint density at radius 3 is 2.82 bits per heavy atom. The van der Waals surface area contributed by atoms with Crippen LogP contribution >= 0.6 is 11.6 Å². The minimum absolute atomic E-state index is 0.293. The molecule has 92 valence electrons. The van der Waals surface area contributed by atoms with Gasteiger partial charge in [0, 0.05) is 7.11 Å². The van der Waals surface area contributed by atoms with E-state index < -0.39 is 0 Å². The quantitative estimate of drug-likeness (QED) is 0.763. The molecule has 1 atom stereocenters. The molecule has 0 aliphatic rings. The van der Waals surface area contributed by atoms with Crippen LogP contribution in [0.25, 0.3) is 11.0 Å². The lowest BCUT2D eigenvalue weighted by Gasteiger charge is -2.18. The lowest BCUT2D eigenvalue weighted by molar-refractivity contribution is 0.154. The zero-order valence-electron chi connectivity index (χ0n) is 10.2. The van der Waals surface area contributed by atoms with Crippen molar-refractivity contribution in [3.63, 3.8) is 0 Å². The van der Waals surface area contributed by atoms with E-state index in [-0.39, 0.29) is 0 Å². The van der Waals surface area contributed by atoms with Crippen molar-refractivity contribution >= 4 is 22.6 Å². The molecule has 4 heteroatoms. The predicted octanol–water partition coefficient (Wildman–Crippen LogP) is 3.37. The summed E-state index contributed by atoms with van der Waals surface area (Å²) in [5.41, 5.74) is 2.13. The van der Waals surface area contributed by atoms with Gasteiger partial charge in [0.15, 0.2) is 0 Å². The van der Waals surface area contributed by atoms with Crippen molar-refractivity contribution in [2.75, 3.05) is 13.7 Å². The summed E-state index contributed by atoms with van der Waals surface area (Å²) >= 11 is 5.98. The van der Waals surface area contributed by atoms with Crippen LogP contribution in [0.1, 0.15) is 25.2 Å². The second kappa shape index (κ2) is 5.52. The highest BCUT2D eigenvalue weighted by Gasteiger charge is 2.16. The van der Waals surface area contributed by atoms with Crippen LogP contribution in [0, 0.1) is 0 Å². The number of hydrogen-bond acceptors (Lipinski definition) is 2. The zero-order valence-corrected chi connectivity index (χ0v) is 10.9. The summed E-state index contributed by atoms with van der Waals surface area (Å²) in [6.07, 6.45) is 0.998. The van der Waals surface area contributed by atoms with Crippen molar-refractivity contribution in [1.29, 1.82) is 0 Å². The fraction of sp³-hybridized carbons (Fsp3) is 0.462. The first kappa shape index (κ1) is 12.4. The molecule has 17 heavy (non-hydrogen) atoms. The second-order valence-corrected chi connectivity index (χ2v) is 4.31. The molecule has 1 aromatic heterocycles. The number of ether oxygens (including phenoxy) is 1. The first-order valence-electron chi connectivity index (χ1n) is 5.82. The van der Waals surface area contributed by atoms with Gasteiger partial charge in [0.2, 0.25) is 0 Å². The first-order valence-corrected chi connectivity index (χ1v) is 6.36. The van der Waals surface area contributed by atoms with E-state index in [1.165, 1.54) is 0 Å². The fourth-order valence-electron chi connectivity index (χ4n) is 2.16.